The molecular formula is C8H18NS2Zn-. The Balaban J connectivity index is 0. The molecule has 0 aliphatic rings. The molecule has 0 aromatic heterocycles. The second-order valence-electron chi connectivity index (χ2n) is 2.71. The molecule has 4 heteroatoms. The summed E-state index contributed by atoms with van der Waals surface area (Å²) < 4.78 is 2.28. The monoisotopic (exact) mass is 256 g/mol. The third kappa shape index (κ3) is 9.37. The van der Waals surface area contributed by atoms with Gasteiger partial charge in [-0.15, -0.1) is 0 Å². The number of unbranched alkanes of at least 4 members (excludes halogenated alkanes) is 2. The molecule has 70 valence electrons. The van der Waals surface area contributed by atoms with Crippen molar-refractivity contribution in [3.05, 3.63) is 0 Å². The van der Waals surface area contributed by atoms with Gasteiger partial charge in [0.05, 0.1) is 0 Å². The third-order valence-electron chi connectivity index (χ3n) is 1.63. The summed E-state index contributed by atoms with van der Waals surface area (Å²) in [5.74, 6) is 0. The van der Waals surface area contributed by atoms with E-state index in [9.17, 15) is 0 Å². The molecule has 0 saturated heterocycles. The zero-order chi connectivity index (χ0) is 8.53. The van der Waals surface area contributed by atoms with Crippen molar-refractivity contribution >= 4 is 22.6 Å². The van der Waals surface area contributed by atoms with Crippen molar-refractivity contribution in [2.75, 3.05) is 13.1 Å². The van der Waals surface area contributed by atoms with Gasteiger partial charge in [-0.1, -0.05) is 26.7 Å². The normalized spacial score (nSPS) is 10.0. The molecule has 0 aromatic rings. The molecular weight excluding hydrogens is 240 g/mol. The van der Waals surface area contributed by atoms with Gasteiger partial charge >= 0.3 is 0 Å². The molecule has 0 bridgehead atoms. The van der Waals surface area contributed by atoms with Gasteiger partial charge in [-0.3, -0.25) is 15.3 Å². The topological polar surface area (TPSA) is 3.24 Å². The molecule has 0 N–H and O–H groups in total. The van der Waals surface area contributed by atoms with Gasteiger partial charge in [0, 0.05) is 32.6 Å². The van der Waals surface area contributed by atoms with Crippen LogP contribution in [-0.2, 0) is 31.1 Å². The van der Waals surface area contributed by atoms with E-state index in [0.717, 1.165) is 13.1 Å². The van der Waals surface area contributed by atoms with Crippen LogP contribution >= 0.6 is 11.0 Å². The quantitative estimate of drug-likeness (QED) is 0.299. The van der Waals surface area contributed by atoms with Gasteiger partial charge in [0.1, 0.15) is 0 Å². The van der Waals surface area contributed by atoms with Gasteiger partial charge in [0.25, 0.3) is 0 Å². The van der Waals surface area contributed by atoms with Gasteiger partial charge < -0.3 is 11.7 Å². The smallest absolute Gasteiger partial charge is 0.00702 e. The standard InChI is InChI=1S/C8H19NS2.Zn/c1-3-5-7-9(11-10)8-6-4-2;/h10H,3-8H2,1-2H3;/p-1. The third-order valence-corrected chi connectivity index (χ3v) is 2.84. The summed E-state index contributed by atoms with van der Waals surface area (Å²) >= 11 is 4.94. The van der Waals surface area contributed by atoms with Crippen molar-refractivity contribution in [2.24, 2.45) is 0 Å². The van der Waals surface area contributed by atoms with Crippen molar-refractivity contribution in [1.82, 2.24) is 4.31 Å². The first-order valence-corrected chi connectivity index (χ1v) is 6.09. The first-order valence-electron chi connectivity index (χ1n) is 4.40. The van der Waals surface area contributed by atoms with Crippen LogP contribution < -0.4 is 0 Å². The molecule has 0 aliphatic carbocycles. The minimum Gasteiger partial charge on any atom is -0.702 e. The van der Waals surface area contributed by atoms with Gasteiger partial charge in [0.2, 0.25) is 0 Å². The van der Waals surface area contributed by atoms with Crippen LogP contribution in [-0.4, -0.2) is 17.4 Å². The van der Waals surface area contributed by atoms with E-state index in [0.29, 0.717) is 0 Å². The largest absolute Gasteiger partial charge is 0.702 e. The van der Waals surface area contributed by atoms with Crippen molar-refractivity contribution in [3.63, 3.8) is 0 Å². The number of hydrogen-bond donors (Lipinski definition) is 0. The van der Waals surface area contributed by atoms with E-state index >= 15 is 0 Å². The van der Waals surface area contributed by atoms with Crippen molar-refractivity contribution in [3.8, 4) is 0 Å². The van der Waals surface area contributed by atoms with Gasteiger partial charge in [-0.2, -0.15) is 0 Å². The predicted molar refractivity (Wildman–Crippen MR) is 56.3 cm³/mol. The second kappa shape index (κ2) is 12.3. The fourth-order valence-corrected chi connectivity index (χ4v) is 1.71. The van der Waals surface area contributed by atoms with E-state index in [-0.39, 0.29) is 19.5 Å². The van der Waals surface area contributed by atoms with Crippen LogP contribution in [0.25, 0.3) is 0 Å². The maximum atomic E-state index is 4.94. The number of nitrogens with zero attached hydrogens (tertiary/aromatic N) is 1. The van der Waals surface area contributed by atoms with Crippen molar-refractivity contribution < 1.29 is 19.5 Å². The Kier molecular flexibility index (Phi) is 16.1. The van der Waals surface area contributed by atoms with Crippen LogP contribution in [0, 0.1) is 0 Å². The summed E-state index contributed by atoms with van der Waals surface area (Å²) in [4.78, 5) is 0. The molecule has 0 radical (unpaired) electrons. The summed E-state index contributed by atoms with van der Waals surface area (Å²) in [6.45, 7) is 6.74. The first-order chi connectivity index (χ1) is 5.35. The summed E-state index contributed by atoms with van der Waals surface area (Å²) in [6, 6.07) is 0. The van der Waals surface area contributed by atoms with Crippen LogP contribution in [0.4, 0.5) is 0 Å². The van der Waals surface area contributed by atoms with Crippen molar-refractivity contribution in [1.29, 1.82) is 0 Å². The summed E-state index contributed by atoms with van der Waals surface area (Å²) in [7, 11) is 1.47. The first kappa shape index (κ1) is 15.7. The summed E-state index contributed by atoms with van der Waals surface area (Å²) in [6.07, 6.45) is 5.07. The van der Waals surface area contributed by atoms with E-state index in [4.69, 9.17) is 11.7 Å². The Morgan fingerprint density at radius 2 is 1.50 bits per heavy atom. The van der Waals surface area contributed by atoms with E-state index in [2.05, 4.69) is 18.2 Å². The Bertz CT molecular complexity index is 75.5. The second-order valence-corrected chi connectivity index (χ2v) is 3.82. The molecule has 0 rings (SSSR count). The molecule has 0 saturated carbocycles. The molecule has 0 atom stereocenters. The molecule has 0 amide bonds. The Labute approximate surface area is 98.8 Å². The average Bonchev–Trinajstić information content (AvgIpc) is 2.05. The zero-order valence-corrected chi connectivity index (χ0v) is 12.8. The van der Waals surface area contributed by atoms with Gasteiger partial charge in [0.15, 0.2) is 0 Å². The molecule has 0 spiro atoms. The molecule has 0 fully saturated rings. The molecule has 0 aliphatic heterocycles. The average molecular weight is 258 g/mol. The Morgan fingerprint density at radius 1 is 1.08 bits per heavy atom. The molecule has 0 unspecified atom stereocenters. The minimum atomic E-state index is 0. The summed E-state index contributed by atoms with van der Waals surface area (Å²) in [5.41, 5.74) is 0. The fourth-order valence-electron chi connectivity index (χ4n) is 0.855. The van der Waals surface area contributed by atoms with E-state index < -0.39 is 0 Å². The van der Waals surface area contributed by atoms with Gasteiger partial charge in [-0.25, -0.2) is 0 Å². The van der Waals surface area contributed by atoms with Crippen LogP contribution in [0.5, 0.6) is 0 Å². The van der Waals surface area contributed by atoms with Crippen LogP contribution in [0.15, 0.2) is 0 Å². The van der Waals surface area contributed by atoms with E-state index in [1.54, 1.807) is 0 Å². The van der Waals surface area contributed by atoms with E-state index in [1.807, 2.05) is 0 Å². The molecule has 12 heavy (non-hydrogen) atoms. The SMILES string of the molecule is CCCCN(CCCC)S[S-].[Zn]. The number of hydrogen-bond acceptors (Lipinski definition) is 3. The Morgan fingerprint density at radius 3 is 1.75 bits per heavy atom. The van der Waals surface area contributed by atoms with Crippen LogP contribution in [0.2, 0.25) is 0 Å². The maximum Gasteiger partial charge on any atom is 0.00702 e. The Hall–Kier alpha value is 1.28. The van der Waals surface area contributed by atoms with E-state index in [1.165, 1.54) is 36.7 Å². The number of rotatable bonds is 7. The summed E-state index contributed by atoms with van der Waals surface area (Å²) in [5, 5.41) is 0. The maximum absolute atomic E-state index is 4.94. The predicted octanol–water partition coefficient (Wildman–Crippen LogP) is 3.00. The van der Waals surface area contributed by atoms with Crippen molar-refractivity contribution in [2.45, 2.75) is 39.5 Å². The molecule has 1 nitrogen and oxygen atoms in total. The molecule has 0 heterocycles. The molecule has 0 aromatic carbocycles. The van der Waals surface area contributed by atoms with Gasteiger partial charge in [-0.05, 0) is 12.8 Å². The minimum absolute atomic E-state index is 0. The van der Waals surface area contributed by atoms with Crippen LogP contribution in [0.3, 0.4) is 0 Å². The fraction of sp³-hybridized carbons (Fsp3) is 1.00. The zero-order valence-electron chi connectivity index (χ0n) is 8.21. The van der Waals surface area contributed by atoms with Crippen LogP contribution in [0.1, 0.15) is 39.5 Å².